The number of nitrogens with one attached hydrogen (secondary N) is 2. The number of aliphatic imine (C=N–C) groups is 1. The van der Waals surface area contributed by atoms with Crippen molar-refractivity contribution in [2.24, 2.45) is 4.99 Å². The molecule has 30 heavy (non-hydrogen) atoms. The SMILES string of the molecule is CCNC(=NCCCn1cccn1)NCCCCN1CCN(c2ccccc2)CC1. The molecule has 0 spiro atoms. The van der Waals surface area contributed by atoms with E-state index in [0.717, 1.165) is 71.2 Å². The third kappa shape index (κ3) is 7.71. The van der Waals surface area contributed by atoms with Crippen LogP contribution in [0.4, 0.5) is 5.69 Å². The Balaban J connectivity index is 1.25. The second-order valence-corrected chi connectivity index (χ2v) is 7.68. The molecule has 0 atom stereocenters. The number of anilines is 1. The average molecular weight is 412 g/mol. The molecule has 0 aliphatic carbocycles. The van der Waals surface area contributed by atoms with Crippen LogP contribution in [0.5, 0.6) is 0 Å². The fourth-order valence-electron chi connectivity index (χ4n) is 3.73. The molecular weight excluding hydrogens is 374 g/mol. The number of guanidine groups is 1. The minimum atomic E-state index is 0.806. The third-order valence-electron chi connectivity index (χ3n) is 5.41. The fraction of sp³-hybridized carbons (Fsp3) is 0.565. The van der Waals surface area contributed by atoms with Gasteiger partial charge in [-0.2, -0.15) is 5.10 Å². The van der Waals surface area contributed by atoms with Crippen LogP contribution in [0.3, 0.4) is 0 Å². The second-order valence-electron chi connectivity index (χ2n) is 7.68. The van der Waals surface area contributed by atoms with Crippen molar-refractivity contribution < 1.29 is 0 Å². The maximum atomic E-state index is 4.67. The van der Waals surface area contributed by atoms with Gasteiger partial charge in [-0.05, 0) is 50.9 Å². The summed E-state index contributed by atoms with van der Waals surface area (Å²) in [4.78, 5) is 9.76. The predicted molar refractivity (Wildman–Crippen MR) is 125 cm³/mol. The third-order valence-corrected chi connectivity index (χ3v) is 5.41. The molecule has 1 fully saturated rings. The molecule has 2 heterocycles. The molecule has 2 N–H and O–H groups in total. The lowest BCUT2D eigenvalue weighted by molar-refractivity contribution is 0.253. The number of unbranched alkanes of at least 4 members (excludes halogenated alkanes) is 1. The first-order chi connectivity index (χ1) is 14.8. The van der Waals surface area contributed by atoms with E-state index in [2.05, 4.69) is 67.8 Å². The summed E-state index contributed by atoms with van der Waals surface area (Å²) < 4.78 is 1.95. The first-order valence-electron chi connectivity index (χ1n) is 11.4. The number of hydrogen-bond acceptors (Lipinski definition) is 4. The van der Waals surface area contributed by atoms with Gasteiger partial charge in [-0.25, -0.2) is 0 Å². The molecule has 7 nitrogen and oxygen atoms in total. The molecule has 0 amide bonds. The lowest BCUT2D eigenvalue weighted by Gasteiger charge is -2.36. The van der Waals surface area contributed by atoms with Crippen LogP contribution in [0.2, 0.25) is 0 Å². The summed E-state index contributed by atoms with van der Waals surface area (Å²) in [6.07, 6.45) is 7.19. The quantitative estimate of drug-likeness (QED) is 0.338. The topological polar surface area (TPSA) is 60.7 Å². The molecule has 1 aliphatic rings. The van der Waals surface area contributed by atoms with Crippen molar-refractivity contribution in [2.75, 3.05) is 57.3 Å². The monoisotopic (exact) mass is 411 g/mol. The van der Waals surface area contributed by atoms with E-state index in [4.69, 9.17) is 0 Å². The van der Waals surface area contributed by atoms with E-state index in [9.17, 15) is 0 Å². The predicted octanol–water partition coefficient (Wildman–Crippen LogP) is 2.43. The van der Waals surface area contributed by atoms with Crippen molar-refractivity contribution in [3.05, 3.63) is 48.8 Å². The Morgan fingerprint density at radius 3 is 2.53 bits per heavy atom. The molecule has 164 valence electrons. The number of para-hydroxylation sites is 1. The molecule has 0 bridgehead atoms. The van der Waals surface area contributed by atoms with E-state index in [-0.39, 0.29) is 0 Å². The molecule has 2 aromatic rings. The largest absolute Gasteiger partial charge is 0.369 e. The van der Waals surface area contributed by atoms with Crippen molar-refractivity contribution in [3.63, 3.8) is 0 Å². The zero-order chi connectivity index (χ0) is 20.9. The average Bonchev–Trinajstić information content (AvgIpc) is 3.31. The van der Waals surface area contributed by atoms with Gasteiger partial charge in [0.15, 0.2) is 5.96 Å². The molecule has 3 rings (SSSR count). The van der Waals surface area contributed by atoms with Crippen molar-refractivity contribution in [3.8, 4) is 0 Å². The second kappa shape index (κ2) is 12.9. The van der Waals surface area contributed by atoms with Crippen LogP contribution in [0, 0.1) is 0 Å². The summed E-state index contributed by atoms with van der Waals surface area (Å²) in [5.74, 6) is 0.925. The Labute approximate surface area is 181 Å². The normalized spacial score (nSPS) is 15.4. The van der Waals surface area contributed by atoms with Crippen molar-refractivity contribution in [2.45, 2.75) is 32.7 Å². The molecule has 0 unspecified atom stereocenters. The highest BCUT2D eigenvalue weighted by atomic mass is 15.3. The summed E-state index contributed by atoms with van der Waals surface area (Å²) in [6.45, 7) is 11.4. The molecule has 1 aromatic carbocycles. The van der Waals surface area contributed by atoms with Gasteiger partial charge in [-0.3, -0.25) is 14.6 Å². The van der Waals surface area contributed by atoms with Gasteiger partial charge in [0.2, 0.25) is 0 Å². The van der Waals surface area contributed by atoms with Gasteiger partial charge in [0.1, 0.15) is 0 Å². The van der Waals surface area contributed by atoms with E-state index in [1.165, 1.54) is 18.7 Å². The van der Waals surface area contributed by atoms with Gasteiger partial charge in [0.05, 0.1) is 0 Å². The van der Waals surface area contributed by atoms with E-state index in [1.807, 2.05) is 23.1 Å². The number of aryl methyl sites for hydroxylation is 1. The maximum Gasteiger partial charge on any atom is 0.191 e. The lowest BCUT2D eigenvalue weighted by Crippen LogP contribution is -2.46. The maximum absolute atomic E-state index is 4.67. The number of piperazine rings is 1. The molecule has 0 radical (unpaired) electrons. The van der Waals surface area contributed by atoms with Gasteiger partial charge in [0, 0.05) is 70.4 Å². The zero-order valence-corrected chi connectivity index (χ0v) is 18.3. The van der Waals surface area contributed by atoms with E-state index in [1.54, 1.807) is 0 Å². The molecular formula is C23H37N7. The van der Waals surface area contributed by atoms with Crippen molar-refractivity contribution in [1.29, 1.82) is 0 Å². The van der Waals surface area contributed by atoms with Crippen LogP contribution < -0.4 is 15.5 Å². The van der Waals surface area contributed by atoms with Crippen LogP contribution in [0.1, 0.15) is 26.2 Å². The highest BCUT2D eigenvalue weighted by Crippen LogP contribution is 2.15. The summed E-state index contributed by atoms with van der Waals surface area (Å²) in [5.41, 5.74) is 1.35. The Bertz CT molecular complexity index is 706. The Kier molecular flexibility index (Phi) is 9.53. The van der Waals surface area contributed by atoms with Crippen LogP contribution in [-0.2, 0) is 6.54 Å². The van der Waals surface area contributed by atoms with Gasteiger partial charge >= 0.3 is 0 Å². The van der Waals surface area contributed by atoms with Crippen LogP contribution >= 0.6 is 0 Å². The molecule has 1 aromatic heterocycles. The smallest absolute Gasteiger partial charge is 0.191 e. The number of nitrogens with zero attached hydrogens (tertiary/aromatic N) is 5. The molecule has 0 saturated carbocycles. The zero-order valence-electron chi connectivity index (χ0n) is 18.3. The molecule has 1 saturated heterocycles. The van der Waals surface area contributed by atoms with Crippen LogP contribution in [0.25, 0.3) is 0 Å². The number of rotatable bonds is 11. The van der Waals surface area contributed by atoms with Gasteiger partial charge in [0.25, 0.3) is 0 Å². The fourth-order valence-corrected chi connectivity index (χ4v) is 3.73. The Morgan fingerprint density at radius 1 is 0.967 bits per heavy atom. The van der Waals surface area contributed by atoms with Crippen molar-refractivity contribution >= 4 is 11.6 Å². The van der Waals surface area contributed by atoms with E-state index in [0.29, 0.717) is 0 Å². The minimum Gasteiger partial charge on any atom is -0.369 e. The number of benzene rings is 1. The Morgan fingerprint density at radius 2 is 1.80 bits per heavy atom. The Hall–Kier alpha value is -2.54. The van der Waals surface area contributed by atoms with Crippen LogP contribution in [0.15, 0.2) is 53.8 Å². The van der Waals surface area contributed by atoms with Gasteiger partial charge < -0.3 is 15.5 Å². The first kappa shape index (κ1) is 22.2. The van der Waals surface area contributed by atoms with E-state index < -0.39 is 0 Å². The van der Waals surface area contributed by atoms with Crippen LogP contribution in [-0.4, -0.2) is 73.0 Å². The summed E-state index contributed by atoms with van der Waals surface area (Å²) in [7, 11) is 0. The summed E-state index contributed by atoms with van der Waals surface area (Å²) in [5, 5.41) is 11.0. The molecule has 1 aliphatic heterocycles. The van der Waals surface area contributed by atoms with Gasteiger partial charge in [-0.1, -0.05) is 18.2 Å². The van der Waals surface area contributed by atoms with Crippen molar-refractivity contribution in [1.82, 2.24) is 25.3 Å². The summed E-state index contributed by atoms with van der Waals surface area (Å²) >= 11 is 0. The highest BCUT2D eigenvalue weighted by Gasteiger charge is 2.16. The number of aromatic nitrogens is 2. The lowest BCUT2D eigenvalue weighted by atomic mass is 10.2. The van der Waals surface area contributed by atoms with E-state index >= 15 is 0 Å². The van der Waals surface area contributed by atoms with Gasteiger partial charge in [-0.15, -0.1) is 0 Å². The number of hydrogen-bond donors (Lipinski definition) is 2. The molecule has 7 heteroatoms. The highest BCUT2D eigenvalue weighted by molar-refractivity contribution is 5.79. The standard InChI is InChI=1S/C23H37N7/c1-2-24-23(26-13-8-16-30-17-9-14-27-30)25-12-6-7-15-28-18-20-29(21-19-28)22-10-4-3-5-11-22/h3-5,9-11,14,17H,2,6-8,12-13,15-16,18-21H2,1H3,(H2,24,25,26). The summed E-state index contributed by atoms with van der Waals surface area (Å²) in [6, 6.07) is 12.7. The first-order valence-corrected chi connectivity index (χ1v) is 11.4. The minimum absolute atomic E-state index is 0.806.